The number of rotatable bonds is 5. The zero-order valence-corrected chi connectivity index (χ0v) is 15.8. The van der Waals surface area contributed by atoms with Crippen molar-refractivity contribution in [3.63, 3.8) is 0 Å². The molecule has 142 valence electrons. The van der Waals surface area contributed by atoms with Crippen LogP contribution in [0.5, 0.6) is 0 Å². The predicted octanol–water partition coefficient (Wildman–Crippen LogP) is 3.32. The summed E-state index contributed by atoms with van der Waals surface area (Å²) in [4.78, 5) is 31.5. The van der Waals surface area contributed by atoms with E-state index in [0.29, 0.717) is 23.5 Å². The van der Waals surface area contributed by atoms with Crippen molar-refractivity contribution < 1.29 is 13.9 Å². The molecule has 0 aliphatic rings. The number of H-pyrrole nitrogens is 1. The second-order valence-corrected chi connectivity index (χ2v) is 7.52. The Morgan fingerprint density at radius 3 is 2.78 bits per heavy atom. The Balaban J connectivity index is 1.96. The fraction of sp³-hybridized carbons (Fsp3) is 0.421. The van der Waals surface area contributed by atoms with Gasteiger partial charge in [-0.2, -0.15) is 0 Å². The normalized spacial score (nSPS) is 12.9. The first-order valence-corrected chi connectivity index (χ1v) is 8.65. The number of aromatic nitrogens is 5. The van der Waals surface area contributed by atoms with Gasteiger partial charge in [-0.3, -0.25) is 4.79 Å². The van der Waals surface area contributed by atoms with Crippen molar-refractivity contribution in [2.75, 3.05) is 7.11 Å². The molecule has 8 heteroatoms. The van der Waals surface area contributed by atoms with E-state index in [-0.39, 0.29) is 29.4 Å². The van der Waals surface area contributed by atoms with Crippen molar-refractivity contribution in [2.24, 2.45) is 11.3 Å². The molecule has 3 aromatic rings. The summed E-state index contributed by atoms with van der Waals surface area (Å²) in [6, 6.07) is 0. The average Bonchev–Trinajstić information content (AvgIpc) is 3.06. The number of aromatic amines is 1. The standard InChI is InChI=1S/C19H22FN5O2/c1-19(2,3)11(6-16(26)27-4)5-15-14(20)9-23-18(25-15)13-8-22-17-12(13)7-21-10-24-17/h7-11H,5-6H2,1-4H3,(H,21,22,24). The van der Waals surface area contributed by atoms with Gasteiger partial charge in [0.05, 0.1) is 19.0 Å². The van der Waals surface area contributed by atoms with E-state index in [4.69, 9.17) is 4.74 Å². The van der Waals surface area contributed by atoms with Gasteiger partial charge in [0, 0.05) is 29.8 Å². The van der Waals surface area contributed by atoms with Gasteiger partial charge in [0.2, 0.25) is 0 Å². The quantitative estimate of drug-likeness (QED) is 0.692. The summed E-state index contributed by atoms with van der Waals surface area (Å²) in [6.45, 7) is 6.03. The first-order valence-electron chi connectivity index (χ1n) is 8.65. The van der Waals surface area contributed by atoms with Crippen molar-refractivity contribution in [3.8, 4) is 11.4 Å². The predicted molar refractivity (Wildman–Crippen MR) is 98.2 cm³/mol. The first kappa shape index (κ1) is 18.9. The number of fused-ring (bicyclic) bond motifs is 1. The van der Waals surface area contributed by atoms with E-state index in [1.165, 1.54) is 13.4 Å². The Kier molecular flexibility index (Phi) is 5.16. The number of carbonyl (C=O) groups excluding carboxylic acids is 1. The Bertz CT molecular complexity index is 964. The number of methoxy groups -OCH3 is 1. The van der Waals surface area contributed by atoms with Gasteiger partial charge >= 0.3 is 5.97 Å². The van der Waals surface area contributed by atoms with E-state index < -0.39 is 5.82 Å². The highest BCUT2D eigenvalue weighted by Gasteiger charge is 2.29. The van der Waals surface area contributed by atoms with E-state index >= 15 is 0 Å². The molecule has 0 amide bonds. The number of nitrogens with zero attached hydrogens (tertiary/aromatic N) is 4. The molecular weight excluding hydrogens is 349 g/mol. The number of esters is 1. The molecule has 0 saturated heterocycles. The molecule has 0 spiro atoms. The number of nitrogens with one attached hydrogen (secondary N) is 1. The lowest BCUT2D eigenvalue weighted by atomic mass is 9.76. The van der Waals surface area contributed by atoms with Crippen LogP contribution in [0, 0.1) is 17.2 Å². The molecule has 0 fully saturated rings. The molecule has 1 atom stereocenters. The molecule has 27 heavy (non-hydrogen) atoms. The van der Waals surface area contributed by atoms with E-state index in [0.717, 1.165) is 11.6 Å². The molecule has 3 rings (SSSR count). The van der Waals surface area contributed by atoms with Gasteiger partial charge in [-0.05, 0) is 17.8 Å². The summed E-state index contributed by atoms with van der Waals surface area (Å²) in [5.74, 6) is -0.556. The van der Waals surface area contributed by atoms with Crippen LogP contribution in [-0.2, 0) is 16.0 Å². The monoisotopic (exact) mass is 371 g/mol. The van der Waals surface area contributed by atoms with Crippen LogP contribution in [0.3, 0.4) is 0 Å². The molecule has 0 aliphatic carbocycles. The van der Waals surface area contributed by atoms with Crippen LogP contribution in [-0.4, -0.2) is 38.0 Å². The van der Waals surface area contributed by atoms with Crippen molar-refractivity contribution in [1.29, 1.82) is 0 Å². The Hall–Kier alpha value is -2.90. The van der Waals surface area contributed by atoms with Gasteiger partial charge in [0.1, 0.15) is 12.0 Å². The zero-order valence-electron chi connectivity index (χ0n) is 15.8. The van der Waals surface area contributed by atoms with Crippen LogP contribution in [0.2, 0.25) is 0 Å². The van der Waals surface area contributed by atoms with Gasteiger partial charge in [-0.1, -0.05) is 20.8 Å². The minimum atomic E-state index is -0.492. The third kappa shape index (κ3) is 4.10. The van der Waals surface area contributed by atoms with E-state index in [2.05, 4.69) is 24.9 Å². The molecule has 0 aromatic carbocycles. The maximum absolute atomic E-state index is 14.4. The average molecular weight is 371 g/mol. The molecule has 0 aliphatic heterocycles. The lowest BCUT2D eigenvalue weighted by Gasteiger charge is -2.29. The molecule has 3 heterocycles. The SMILES string of the molecule is COC(=O)CC(Cc1nc(-c2c[nH]c3ncncc23)ncc1F)C(C)(C)C. The lowest BCUT2D eigenvalue weighted by molar-refractivity contribution is -0.142. The summed E-state index contributed by atoms with van der Waals surface area (Å²) in [5, 5.41) is 0.761. The summed E-state index contributed by atoms with van der Waals surface area (Å²) >= 11 is 0. The maximum atomic E-state index is 14.4. The minimum Gasteiger partial charge on any atom is -0.469 e. The van der Waals surface area contributed by atoms with Crippen LogP contribution < -0.4 is 0 Å². The number of hydrogen-bond donors (Lipinski definition) is 1. The maximum Gasteiger partial charge on any atom is 0.305 e. The first-order chi connectivity index (χ1) is 12.8. The third-order valence-electron chi connectivity index (χ3n) is 4.72. The van der Waals surface area contributed by atoms with Gasteiger partial charge in [0.15, 0.2) is 11.6 Å². The largest absolute Gasteiger partial charge is 0.469 e. The van der Waals surface area contributed by atoms with Gasteiger partial charge in [-0.15, -0.1) is 0 Å². The van der Waals surface area contributed by atoms with Crippen molar-refractivity contribution >= 4 is 17.0 Å². The van der Waals surface area contributed by atoms with Crippen LogP contribution in [0.1, 0.15) is 32.9 Å². The molecular formula is C19H22FN5O2. The molecule has 1 unspecified atom stereocenters. The van der Waals surface area contributed by atoms with Crippen LogP contribution in [0.15, 0.2) is 24.9 Å². The number of carbonyl (C=O) groups is 1. The molecule has 0 saturated carbocycles. The number of hydrogen-bond acceptors (Lipinski definition) is 6. The number of halogens is 1. The van der Waals surface area contributed by atoms with Gasteiger partial charge < -0.3 is 9.72 Å². The topological polar surface area (TPSA) is 93.7 Å². The van der Waals surface area contributed by atoms with Crippen LogP contribution >= 0.6 is 0 Å². The molecule has 0 bridgehead atoms. The summed E-state index contributed by atoms with van der Waals surface area (Å²) in [6.07, 6.45) is 6.50. The van der Waals surface area contributed by atoms with Crippen molar-refractivity contribution in [3.05, 3.63) is 36.4 Å². The fourth-order valence-corrected chi connectivity index (χ4v) is 2.92. The summed E-state index contributed by atoms with van der Waals surface area (Å²) in [7, 11) is 1.35. The van der Waals surface area contributed by atoms with E-state index in [1.54, 1.807) is 12.4 Å². The van der Waals surface area contributed by atoms with Crippen molar-refractivity contribution in [2.45, 2.75) is 33.6 Å². The highest BCUT2D eigenvalue weighted by molar-refractivity contribution is 5.90. The number of ether oxygens (including phenoxy) is 1. The Morgan fingerprint density at radius 1 is 1.30 bits per heavy atom. The Labute approximate surface area is 156 Å². The second kappa shape index (κ2) is 7.38. The smallest absolute Gasteiger partial charge is 0.305 e. The molecule has 3 aromatic heterocycles. The second-order valence-electron chi connectivity index (χ2n) is 7.52. The van der Waals surface area contributed by atoms with E-state index in [9.17, 15) is 9.18 Å². The lowest BCUT2D eigenvalue weighted by Crippen LogP contribution is -2.27. The van der Waals surface area contributed by atoms with Crippen LogP contribution in [0.25, 0.3) is 22.4 Å². The fourth-order valence-electron chi connectivity index (χ4n) is 2.92. The van der Waals surface area contributed by atoms with E-state index in [1.807, 2.05) is 20.8 Å². The van der Waals surface area contributed by atoms with Crippen molar-refractivity contribution in [1.82, 2.24) is 24.9 Å². The van der Waals surface area contributed by atoms with Gasteiger partial charge in [0.25, 0.3) is 0 Å². The summed E-state index contributed by atoms with van der Waals surface area (Å²) in [5.41, 5.74) is 1.41. The van der Waals surface area contributed by atoms with Crippen LogP contribution in [0.4, 0.5) is 4.39 Å². The highest BCUT2D eigenvalue weighted by atomic mass is 19.1. The third-order valence-corrected chi connectivity index (χ3v) is 4.72. The minimum absolute atomic E-state index is 0.131. The van der Waals surface area contributed by atoms with Gasteiger partial charge in [-0.25, -0.2) is 24.3 Å². The Morgan fingerprint density at radius 2 is 2.07 bits per heavy atom. The molecule has 7 nitrogen and oxygen atoms in total. The summed E-state index contributed by atoms with van der Waals surface area (Å²) < 4.78 is 19.2. The molecule has 1 N–H and O–H groups in total. The molecule has 0 radical (unpaired) electrons. The highest BCUT2D eigenvalue weighted by Crippen LogP contribution is 2.33. The zero-order chi connectivity index (χ0) is 19.6.